The van der Waals surface area contributed by atoms with Gasteiger partial charge in [-0.15, -0.1) is 0 Å². The summed E-state index contributed by atoms with van der Waals surface area (Å²) in [5.41, 5.74) is 10.3. The van der Waals surface area contributed by atoms with Crippen molar-refractivity contribution < 1.29 is 0 Å². The predicted octanol–water partition coefficient (Wildman–Crippen LogP) is 4.15. The molecule has 1 heterocycles. The summed E-state index contributed by atoms with van der Waals surface area (Å²) < 4.78 is 0. The summed E-state index contributed by atoms with van der Waals surface area (Å²) in [6.07, 6.45) is 5.78. The van der Waals surface area contributed by atoms with Crippen molar-refractivity contribution in [3.63, 3.8) is 0 Å². The largest absolute Gasteiger partial charge is 0.323 e. The number of pyridine rings is 1. The molecule has 0 radical (unpaired) electrons. The van der Waals surface area contributed by atoms with Gasteiger partial charge in [0.15, 0.2) is 0 Å². The number of nitrogens with zero attached hydrogens (tertiary/aromatic N) is 1. The number of aryl methyl sites for hydroxylation is 1. The maximum atomic E-state index is 6.69. The van der Waals surface area contributed by atoms with E-state index in [1.165, 1.54) is 11.1 Å². The molecule has 0 saturated carbocycles. The van der Waals surface area contributed by atoms with E-state index < -0.39 is 0 Å². The molecule has 0 saturated heterocycles. The van der Waals surface area contributed by atoms with Gasteiger partial charge in [0.25, 0.3) is 0 Å². The molecule has 0 fully saturated rings. The van der Waals surface area contributed by atoms with E-state index in [1.807, 2.05) is 18.5 Å². The van der Waals surface area contributed by atoms with E-state index in [0.717, 1.165) is 18.4 Å². The number of hydrogen-bond donors (Lipinski definition) is 1. The monoisotopic (exact) mass is 268 g/mol. The van der Waals surface area contributed by atoms with Crippen LogP contribution in [0.15, 0.2) is 48.8 Å². The van der Waals surface area contributed by atoms with E-state index in [-0.39, 0.29) is 11.5 Å². The highest BCUT2D eigenvalue weighted by Crippen LogP contribution is 2.42. The van der Waals surface area contributed by atoms with Gasteiger partial charge in [-0.25, -0.2) is 0 Å². The average molecular weight is 268 g/mol. The van der Waals surface area contributed by atoms with Crippen molar-refractivity contribution in [1.82, 2.24) is 4.98 Å². The lowest BCUT2D eigenvalue weighted by Crippen LogP contribution is -2.38. The van der Waals surface area contributed by atoms with Crippen LogP contribution in [-0.4, -0.2) is 4.98 Å². The van der Waals surface area contributed by atoms with Crippen LogP contribution in [0.2, 0.25) is 0 Å². The molecule has 0 spiro atoms. The molecule has 2 N–H and O–H groups in total. The van der Waals surface area contributed by atoms with Crippen LogP contribution >= 0.6 is 0 Å². The normalized spacial score (nSPS) is 13.2. The molecule has 2 aromatic rings. The minimum absolute atomic E-state index is 0.0327. The van der Waals surface area contributed by atoms with Gasteiger partial charge < -0.3 is 5.73 Å². The summed E-state index contributed by atoms with van der Waals surface area (Å²) in [7, 11) is 0. The van der Waals surface area contributed by atoms with Crippen molar-refractivity contribution >= 4 is 0 Å². The van der Waals surface area contributed by atoms with Crippen LogP contribution in [0.1, 0.15) is 49.4 Å². The zero-order chi connectivity index (χ0) is 14.6. The summed E-state index contributed by atoms with van der Waals surface area (Å²) in [5.74, 6) is 0. The molecule has 0 aliphatic carbocycles. The smallest absolute Gasteiger partial charge is 0.0410 e. The van der Waals surface area contributed by atoms with Crippen molar-refractivity contribution in [2.24, 2.45) is 5.73 Å². The summed E-state index contributed by atoms with van der Waals surface area (Å²) in [6, 6.07) is 12.6. The number of benzene rings is 1. The van der Waals surface area contributed by atoms with Crippen LogP contribution in [0, 0.1) is 6.92 Å². The second-order valence-electron chi connectivity index (χ2n) is 5.44. The fourth-order valence-corrected chi connectivity index (χ4v) is 3.15. The van der Waals surface area contributed by atoms with E-state index in [1.54, 1.807) is 0 Å². The second-order valence-corrected chi connectivity index (χ2v) is 5.44. The molecule has 1 aromatic heterocycles. The first-order valence-corrected chi connectivity index (χ1v) is 7.37. The van der Waals surface area contributed by atoms with Crippen LogP contribution in [-0.2, 0) is 5.41 Å². The van der Waals surface area contributed by atoms with E-state index in [4.69, 9.17) is 5.73 Å². The fourth-order valence-electron chi connectivity index (χ4n) is 3.15. The zero-order valence-corrected chi connectivity index (χ0v) is 12.6. The van der Waals surface area contributed by atoms with Gasteiger partial charge in [-0.2, -0.15) is 0 Å². The first-order chi connectivity index (χ1) is 9.65. The van der Waals surface area contributed by atoms with Crippen LogP contribution in [0.4, 0.5) is 0 Å². The highest BCUT2D eigenvalue weighted by atomic mass is 14.7. The standard InChI is InChI=1S/C18H24N2/c1-4-18(5-2,15-9-7-6-8-10-15)17(19)16-13-20-12-11-14(16)3/h6-13,17H,4-5,19H2,1-3H3. The average Bonchev–Trinajstić information content (AvgIpc) is 2.50. The Kier molecular flexibility index (Phi) is 4.56. The summed E-state index contributed by atoms with van der Waals surface area (Å²) in [6.45, 7) is 6.56. The first-order valence-electron chi connectivity index (χ1n) is 7.37. The molecular weight excluding hydrogens is 244 g/mol. The number of nitrogens with two attached hydrogens (primary N) is 1. The van der Waals surface area contributed by atoms with Gasteiger partial charge in [0.2, 0.25) is 0 Å². The molecule has 1 aromatic carbocycles. The number of hydrogen-bond acceptors (Lipinski definition) is 2. The number of aromatic nitrogens is 1. The maximum Gasteiger partial charge on any atom is 0.0410 e. The lowest BCUT2D eigenvalue weighted by Gasteiger charge is -2.39. The Morgan fingerprint density at radius 3 is 2.30 bits per heavy atom. The van der Waals surface area contributed by atoms with Crippen molar-refractivity contribution in [3.8, 4) is 0 Å². The Morgan fingerprint density at radius 1 is 1.10 bits per heavy atom. The van der Waals surface area contributed by atoms with Crippen LogP contribution in [0.3, 0.4) is 0 Å². The van der Waals surface area contributed by atoms with Crippen molar-refractivity contribution in [2.45, 2.75) is 45.1 Å². The molecule has 2 nitrogen and oxygen atoms in total. The molecule has 1 unspecified atom stereocenters. The molecule has 1 atom stereocenters. The molecule has 2 heteroatoms. The van der Waals surface area contributed by atoms with E-state index in [2.05, 4.69) is 56.1 Å². The van der Waals surface area contributed by atoms with Gasteiger partial charge in [0.1, 0.15) is 0 Å². The summed E-state index contributed by atoms with van der Waals surface area (Å²) in [4.78, 5) is 4.26. The van der Waals surface area contributed by atoms with Crippen LogP contribution < -0.4 is 5.73 Å². The Balaban J connectivity index is 2.51. The fraction of sp³-hybridized carbons (Fsp3) is 0.389. The van der Waals surface area contributed by atoms with Crippen LogP contribution in [0.25, 0.3) is 0 Å². The highest BCUT2D eigenvalue weighted by molar-refractivity contribution is 5.35. The van der Waals surface area contributed by atoms with E-state index in [9.17, 15) is 0 Å². The lowest BCUT2D eigenvalue weighted by molar-refractivity contribution is 0.321. The van der Waals surface area contributed by atoms with E-state index >= 15 is 0 Å². The molecule has 0 bridgehead atoms. The SMILES string of the molecule is CCC(CC)(c1ccccc1)C(N)c1cnccc1C. The Labute approximate surface area is 122 Å². The zero-order valence-electron chi connectivity index (χ0n) is 12.6. The first kappa shape index (κ1) is 14.7. The lowest BCUT2D eigenvalue weighted by atomic mass is 9.68. The van der Waals surface area contributed by atoms with Crippen molar-refractivity contribution in [1.29, 1.82) is 0 Å². The quantitative estimate of drug-likeness (QED) is 0.884. The molecule has 0 aliphatic heterocycles. The Morgan fingerprint density at radius 2 is 1.75 bits per heavy atom. The minimum atomic E-state index is -0.0337. The molecule has 106 valence electrons. The van der Waals surface area contributed by atoms with Gasteiger partial charge in [-0.1, -0.05) is 44.2 Å². The third-order valence-corrected chi connectivity index (χ3v) is 4.62. The highest BCUT2D eigenvalue weighted by Gasteiger charge is 2.36. The summed E-state index contributed by atoms with van der Waals surface area (Å²) >= 11 is 0. The Bertz CT molecular complexity index is 544. The van der Waals surface area contributed by atoms with Gasteiger partial charge in [-0.3, -0.25) is 4.98 Å². The summed E-state index contributed by atoms with van der Waals surface area (Å²) in [5, 5.41) is 0. The van der Waals surface area contributed by atoms with Crippen molar-refractivity contribution in [2.75, 3.05) is 0 Å². The topological polar surface area (TPSA) is 38.9 Å². The van der Waals surface area contributed by atoms with Gasteiger partial charge >= 0.3 is 0 Å². The third kappa shape index (κ3) is 2.48. The van der Waals surface area contributed by atoms with Gasteiger partial charge in [-0.05, 0) is 42.5 Å². The van der Waals surface area contributed by atoms with E-state index in [0.29, 0.717) is 0 Å². The molecular formula is C18H24N2. The maximum absolute atomic E-state index is 6.69. The molecule has 20 heavy (non-hydrogen) atoms. The molecule has 2 rings (SSSR count). The molecule has 0 aliphatic rings. The second kappa shape index (κ2) is 6.19. The number of rotatable bonds is 5. The molecule has 0 amide bonds. The van der Waals surface area contributed by atoms with Gasteiger partial charge in [0, 0.05) is 23.9 Å². The Hall–Kier alpha value is -1.67. The van der Waals surface area contributed by atoms with Crippen molar-refractivity contribution in [3.05, 3.63) is 65.5 Å². The van der Waals surface area contributed by atoms with Gasteiger partial charge in [0.05, 0.1) is 0 Å². The third-order valence-electron chi connectivity index (χ3n) is 4.62. The van der Waals surface area contributed by atoms with Crippen LogP contribution in [0.5, 0.6) is 0 Å². The predicted molar refractivity (Wildman–Crippen MR) is 84.6 cm³/mol. The minimum Gasteiger partial charge on any atom is -0.323 e.